The summed E-state index contributed by atoms with van der Waals surface area (Å²) in [6.45, 7) is 4.27. The Bertz CT molecular complexity index is 2640. The molecule has 48 heavy (non-hydrogen) atoms. The van der Waals surface area contributed by atoms with Gasteiger partial charge < -0.3 is 4.98 Å². The summed E-state index contributed by atoms with van der Waals surface area (Å²) in [4.78, 5) is 3.74. The number of rotatable bonds is 4. The van der Waals surface area contributed by atoms with Gasteiger partial charge >= 0.3 is 0 Å². The molecule has 0 atom stereocenters. The van der Waals surface area contributed by atoms with Gasteiger partial charge in [0.25, 0.3) is 0 Å². The molecule has 1 N–H and O–H groups in total. The van der Waals surface area contributed by atoms with Gasteiger partial charge in [-0.25, -0.2) is 0 Å². The maximum atomic E-state index is 3.74. The maximum absolute atomic E-state index is 3.74. The first-order valence-corrected chi connectivity index (χ1v) is 16.9. The number of aromatic nitrogens is 1. The summed E-state index contributed by atoms with van der Waals surface area (Å²) in [6, 6.07) is 44.9. The highest BCUT2D eigenvalue weighted by Crippen LogP contribution is 2.45. The summed E-state index contributed by atoms with van der Waals surface area (Å²) in [5.74, 6) is 0. The summed E-state index contributed by atoms with van der Waals surface area (Å²) < 4.78 is 0. The predicted molar refractivity (Wildman–Crippen MR) is 208 cm³/mol. The van der Waals surface area contributed by atoms with Gasteiger partial charge in [0.05, 0.1) is 5.52 Å². The molecule has 0 spiro atoms. The lowest BCUT2D eigenvalue weighted by Gasteiger charge is -2.21. The van der Waals surface area contributed by atoms with Crippen molar-refractivity contribution in [1.29, 1.82) is 0 Å². The molecule has 0 radical (unpaired) electrons. The lowest BCUT2D eigenvalue weighted by Crippen LogP contribution is -1.99. The third-order valence-electron chi connectivity index (χ3n) is 10.1. The van der Waals surface area contributed by atoms with Gasteiger partial charge in [0.15, 0.2) is 0 Å². The second-order valence-electron chi connectivity index (χ2n) is 12.9. The molecular weight excluding hydrogens is 579 g/mol. The minimum atomic E-state index is 0.876. The predicted octanol–water partition coefficient (Wildman–Crippen LogP) is 13.1. The highest BCUT2D eigenvalue weighted by molar-refractivity contribution is 6.14. The van der Waals surface area contributed by atoms with Crippen molar-refractivity contribution in [2.24, 2.45) is 0 Å². The van der Waals surface area contributed by atoms with Gasteiger partial charge in [-0.2, -0.15) is 0 Å². The standard InChI is InChI=1S/C47H35N/c1-3-11-37-30(2)18-26-42-43-29-36(25-27-44(43)48-47(37)42)46-40-15-6-4-5-14-38(40)45(39-16-9-10-17-41(39)46)33-22-19-32(20-23-33)35-24-21-31-12-7-8-13-34(31)28-35/h3-14,16-29,48H,15H2,1-2H3/b11-3-. The number of fused-ring (bicyclic) bond motifs is 6. The Labute approximate surface area is 281 Å². The molecule has 228 valence electrons. The van der Waals surface area contributed by atoms with Crippen molar-refractivity contribution in [1.82, 2.24) is 4.98 Å². The second kappa shape index (κ2) is 11.4. The molecule has 0 amide bonds. The average molecular weight is 614 g/mol. The van der Waals surface area contributed by atoms with E-state index in [1.165, 1.54) is 99.0 Å². The van der Waals surface area contributed by atoms with E-state index in [4.69, 9.17) is 0 Å². The van der Waals surface area contributed by atoms with Gasteiger partial charge in [0.1, 0.15) is 0 Å². The molecule has 1 aromatic heterocycles. The Kier molecular flexibility index (Phi) is 6.73. The summed E-state index contributed by atoms with van der Waals surface area (Å²) in [5.41, 5.74) is 15.2. The van der Waals surface area contributed by atoms with Gasteiger partial charge in [-0.15, -0.1) is 0 Å². The van der Waals surface area contributed by atoms with Crippen molar-refractivity contribution < 1.29 is 0 Å². The number of benzene rings is 7. The van der Waals surface area contributed by atoms with Crippen molar-refractivity contribution in [3.8, 4) is 33.4 Å². The summed E-state index contributed by atoms with van der Waals surface area (Å²) in [5, 5.41) is 7.63. The fourth-order valence-corrected chi connectivity index (χ4v) is 7.79. The number of hydrogen-bond acceptors (Lipinski definition) is 0. The quantitative estimate of drug-likeness (QED) is 0.203. The van der Waals surface area contributed by atoms with Crippen molar-refractivity contribution in [2.75, 3.05) is 0 Å². The number of allylic oxidation sites excluding steroid dienone is 4. The third-order valence-corrected chi connectivity index (χ3v) is 10.1. The Morgan fingerprint density at radius 2 is 1.31 bits per heavy atom. The average Bonchev–Trinajstić information content (AvgIpc) is 3.33. The number of hydrogen-bond donors (Lipinski definition) is 1. The van der Waals surface area contributed by atoms with Gasteiger partial charge in [-0.05, 0) is 110 Å². The number of H-pyrrole nitrogens is 1. The largest absolute Gasteiger partial charge is 0.354 e. The fourth-order valence-electron chi connectivity index (χ4n) is 7.79. The molecule has 0 aliphatic heterocycles. The molecule has 1 nitrogen and oxygen atoms in total. The van der Waals surface area contributed by atoms with Crippen molar-refractivity contribution in [3.63, 3.8) is 0 Å². The smallest absolute Gasteiger partial charge is 0.0541 e. The molecule has 8 aromatic rings. The molecule has 9 rings (SSSR count). The summed E-state index contributed by atoms with van der Waals surface area (Å²) in [7, 11) is 0. The first-order chi connectivity index (χ1) is 23.7. The van der Waals surface area contributed by atoms with Gasteiger partial charge in [0, 0.05) is 21.9 Å². The normalized spacial score (nSPS) is 12.9. The van der Waals surface area contributed by atoms with Crippen LogP contribution in [0, 0.1) is 6.92 Å². The molecule has 1 aliphatic carbocycles. The molecule has 1 heteroatoms. The Morgan fingerprint density at radius 1 is 0.583 bits per heavy atom. The van der Waals surface area contributed by atoms with Crippen molar-refractivity contribution in [3.05, 3.63) is 168 Å². The minimum absolute atomic E-state index is 0.876. The van der Waals surface area contributed by atoms with Gasteiger partial charge in [-0.1, -0.05) is 140 Å². The van der Waals surface area contributed by atoms with Crippen LogP contribution >= 0.6 is 0 Å². The fraction of sp³-hybridized carbons (Fsp3) is 0.0638. The summed E-state index contributed by atoms with van der Waals surface area (Å²) >= 11 is 0. The van der Waals surface area contributed by atoms with Crippen LogP contribution < -0.4 is 0 Å². The Morgan fingerprint density at radius 3 is 2.15 bits per heavy atom. The van der Waals surface area contributed by atoms with E-state index in [1.807, 2.05) is 0 Å². The summed E-state index contributed by atoms with van der Waals surface area (Å²) in [6.07, 6.45) is 14.2. The molecule has 0 saturated heterocycles. The van der Waals surface area contributed by atoms with E-state index in [9.17, 15) is 0 Å². The monoisotopic (exact) mass is 613 g/mol. The van der Waals surface area contributed by atoms with E-state index in [2.05, 4.69) is 177 Å². The zero-order valence-corrected chi connectivity index (χ0v) is 27.2. The van der Waals surface area contributed by atoms with E-state index in [-0.39, 0.29) is 0 Å². The SMILES string of the molecule is C/C=C\c1c(C)ccc2c1[nH]c1ccc(-c3c4c(c(-c5ccc(-c6ccc7ccccc7c6)cc5)c5ccccc35)C=CC=CC4)cc12. The van der Waals surface area contributed by atoms with E-state index >= 15 is 0 Å². The molecule has 1 aliphatic rings. The van der Waals surface area contributed by atoms with Crippen LogP contribution in [0.15, 0.2) is 146 Å². The molecule has 0 unspecified atom stereocenters. The minimum Gasteiger partial charge on any atom is -0.354 e. The molecule has 1 heterocycles. The first kappa shape index (κ1) is 28.3. The van der Waals surface area contributed by atoms with Gasteiger partial charge in [-0.3, -0.25) is 0 Å². The van der Waals surface area contributed by atoms with Crippen molar-refractivity contribution in [2.45, 2.75) is 20.3 Å². The molecule has 0 bridgehead atoms. The lowest BCUT2D eigenvalue weighted by molar-refractivity contribution is 1.28. The van der Waals surface area contributed by atoms with Crippen LogP contribution in [0.3, 0.4) is 0 Å². The van der Waals surface area contributed by atoms with E-state index in [0.717, 1.165) is 6.42 Å². The zero-order chi connectivity index (χ0) is 32.2. The van der Waals surface area contributed by atoms with Crippen LogP contribution in [0.5, 0.6) is 0 Å². The van der Waals surface area contributed by atoms with Crippen LogP contribution in [0.2, 0.25) is 0 Å². The van der Waals surface area contributed by atoms with Crippen LogP contribution in [0.4, 0.5) is 0 Å². The second-order valence-corrected chi connectivity index (χ2v) is 12.9. The van der Waals surface area contributed by atoms with Crippen LogP contribution in [0.1, 0.15) is 29.2 Å². The topological polar surface area (TPSA) is 15.8 Å². The molecule has 0 saturated carbocycles. The molecule has 7 aromatic carbocycles. The number of nitrogens with one attached hydrogen (secondary N) is 1. The van der Waals surface area contributed by atoms with Crippen molar-refractivity contribution >= 4 is 55.5 Å². The third kappa shape index (κ3) is 4.54. The Hall–Kier alpha value is -5.92. The zero-order valence-electron chi connectivity index (χ0n) is 27.2. The Balaban J connectivity index is 1.24. The van der Waals surface area contributed by atoms with Gasteiger partial charge in [0.2, 0.25) is 0 Å². The lowest BCUT2D eigenvalue weighted by atomic mass is 9.82. The van der Waals surface area contributed by atoms with E-state index < -0.39 is 0 Å². The molecule has 0 fully saturated rings. The highest BCUT2D eigenvalue weighted by atomic mass is 14.7. The van der Waals surface area contributed by atoms with Crippen LogP contribution in [-0.2, 0) is 6.42 Å². The molecular formula is C47H35N. The number of aromatic amines is 1. The van der Waals surface area contributed by atoms with Crippen LogP contribution in [-0.4, -0.2) is 4.98 Å². The van der Waals surface area contributed by atoms with E-state index in [1.54, 1.807) is 0 Å². The number of aryl methyl sites for hydroxylation is 1. The highest BCUT2D eigenvalue weighted by Gasteiger charge is 2.21. The van der Waals surface area contributed by atoms with E-state index in [0.29, 0.717) is 0 Å². The van der Waals surface area contributed by atoms with Crippen LogP contribution in [0.25, 0.3) is 88.9 Å². The maximum Gasteiger partial charge on any atom is 0.0541 e. The first-order valence-electron chi connectivity index (χ1n) is 16.9.